The number of aliphatic carboxylic acids is 1. The van der Waals surface area contributed by atoms with E-state index in [1.807, 2.05) is 46.2 Å². The highest BCUT2D eigenvalue weighted by atomic mass is 16.7. The van der Waals surface area contributed by atoms with Crippen LogP contribution >= 0.6 is 0 Å². The standard InChI is InChI=1S/C32H45N3O8/c1-4-5-14-34(15-9-13-33)29(36)20-35-19-23(22-17-27(40-3)31-28(18-22)42-21-43-31)30(32(37)38)24(35)10-8-16-41-26-12-7-6-11-25(26)39-2/h6-7,11-12,17-18,23-24,30H,4-5,8-10,13-16,19-21,33H2,1-3H3,(H,37,38)/t23-,24+,30-/m1/s1. The molecule has 2 aliphatic heterocycles. The third kappa shape index (κ3) is 7.83. The Balaban J connectivity index is 1.57. The van der Waals surface area contributed by atoms with Crippen LogP contribution in [0.15, 0.2) is 36.4 Å². The normalized spacial score (nSPS) is 19.3. The van der Waals surface area contributed by atoms with Gasteiger partial charge in [-0.2, -0.15) is 0 Å². The second-order valence-corrected chi connectivity index (χ2v) is 10.9. The van der Waals surface area contributed by atoms with Crippen molar-refractivity contribution in [2.45, 2.75) is 51.0 Å². The van der Waals surface area contributed by atoms with Gasteiger partial charge >= 0.3 is 5.97 Å². The highest BCUT2D eigenvalue weighted by Crippen LogP contribution is 2.47. The van der Waals surface area contributed by atoms with Gasteiger partial charge in [0.1, 0.15) is 0 Å². The van der Waals surface area contributed by atoms with Gasteiger partial charge in [-0.3, -0.25) is 14.5 Å². The Kier molecular flexibility index (Phi) is 11.7. The van der Waals surface area contributed by atoms with E-state index in [2.05, 4.69) is 6.92 Å². The molecule has 1 amide bonds. The first kappa shape index (κ1) is 32.2. The molecule has 11 heteroatoms. The molecule has 1 fully saturated rings. The number of benzene rings is 2. The van der Waals surface area contributed by atoms with Crippen LogP contribution < -0.4 is 29.4 Å². The maximum atomic E-state index is 13.6. The Bertz CT molecular complexity index is 1220. The van der Waals surface area contributed by atoms with Crippen molar-refractivity contribution in [2.75, 3.05) is 60.3 Å². The molecule has 0 aromatic heterocycles. The minimum Gasteiger partial charge on any atom is -0.493 e. The zero-order chi connectivity index (χ0) is 30.8. The Morgan fingerprint density at radius 2 is 1.79 bits per heavy atom. The van der Waals surface area contributed by atoms with Gasteiger partial charge < -0.3 is 39.4 Å². The maximum absolute atomic E-state index is 13.6. The van der Waals surface area contributed by atoms with Gasteiger partial charge in [0.15, 0.2) is 23.0 Å². The minimum absolute atomic E-state index is 0.00905. The minimum atomic E-state index is -0.904. The Morgan fingerprint density at radius 1 is 1.05 bits per heavy atom. The molecule has 4 rings (SSSR count). The molecule has 236 valence electrons. The number of carbonyl (C=O) groups is 2. The van der Waals surface area contributed by atoms with E-state index in [-0.39, 0.29) is 31.2 Å². The van der Waals surface area contributed by atoms with Gasteiger partial charge in [-0.05, 0) is 62.1 Å². The Morgan fingerprint density at radius 3 is 2.49 bits per heavy atom. The summed E-state index contributed by atoms with van der Waals surface area (Å²) in [5.74, 6) is 0.762. The molecule has 0 radical (unpaired) electrons. The highest BCUT2D eigenvalue weighted by Gasteiger charge is 2.47. The van der Waals surface area contributed by atoms with Crippen LogP contribution in [-0.2, 0) is 9.59 Å². The molecule has 11 nitrogen and oxygen atoms in total. The molecule has 0 unspecified atom stereocenters. The molecule has 1 saturated heterocycles. The molecule has 0 bridgehead atoms. The van der Waals surface area contributed by atoms with E-state index in [9.17, 15) is 14.7 Å². The lowest BCUT2D eigenvalue weighted by molar-refractivity contribution is -0.144. The van der Waals surface area contributed by atoms with Crippen LogP contribution in [-0.4, -0.2) is 93.2 Å². The molecule has 2 aromatic rings. The number of carboxylic acid groups (broad SMARTS) is 1. The predicted molar refractivity (Wildman–Crippen MR) is 161 cm³/mol. The molecule has 3 N–H and O–H groups in total. The van der Waals surface area contributed by atoms with Crippen molar-refractivity contribution in [2.24, 2.45) is 11.7 Å². The number of hydrogen-bond donors (Lipinski definition) is 2. The number of amides is 1. The fraction of sp³-hybridized carbons (Fsp3) is 0.562. The summed E-state index contributed by atoms with van der Waals surface area (Å²) in [6, 6.07) is 10.7. The number of methoxy groups -OCH3 is 2. The van der Waals surface area contributed by atoms with Crippen molar-refractivity contribution in [3.05, 3.63) is 42.0 Å². The van der Waals surface area contributed by atoms with Crippen molar-refractivity contribution in [3.63, 3.8) is 0 Å². The molecule has 0 spiro atoms. The van der Waals surface area contributed by atoms with Gasteiger partial charge in [0.05, 0.1) is 33.3 Å². The number of nitrogens with two attached hydrogens (primary N) is 1. The lowest BCUT2D eigenvalue weighted by Crippen LogP contribution is -2.45. The molecule has 0 aliphatic carbocycles. The molecule has 2 aliphatic rings. The highest BCUT2D eigenvalue weighted by molar-refractivity contribution is 5.79. The number of carbonyl (C=O) groups excluding carboxylic acids is 1. The molecule has 2 heterocycles. The summed E-state index contributed by atoms with van der Waals surface area (Å²) >= 11 is 0. The Hall–Kier alpha value is -3.70. The summed E-state index contributed by atoms with van der Waals surface area (Å²) < 4.78 is 28.1. The van der Waals surface area contributed by atoms with E-state index in [0.717, 1.165) is 24.8 Å². The molecular formula is C32H45N3O8. The summed E-state index contributed by atoms with van der Waals surface area (Å²) in [6.45, 7) is 4.84. The number of rotatable bonds is 17. The fourth-order valence-electron chi connectivity index (χ4n) is 6.03. The summed E-state index contributed by atoms with van der Waals surface area (Å²) in [4.78, 5) is 30.4. The van der Waals surface area contributed by atoms with Crippen LogP contribution in [0.25, 0.3) is 0 Å². The number of likely N-dealkylation sites (tertiary alicyclic amines) is 1. The first-order chi connectivity index (χ1) is 20.9. The van der Waals surface area contributed by atoms with Crippen molar-refractivity contribution >= 4 is 11.9 Å². The third-order valence-corrected chi connectivity index (χ3v) is 8.22. The second kappa shape index (κ2) is 15.7. The van der Waals surface area contributed by atoms with E-state index in [1.165, 1.54) is 0 Å². The summed E-state index contributed by atoms with van der Waals surface area (Å²) in [7, 11) is 3.14. The third-order valence-electron chi connectivity index (χ3n) is 8.22. The number of hydrogen-bond acceptors (Lipinski definition) is 9. The SMILES string of the molecule is CCCCN(CCCN)C(=O)CN1C[C@H](c2cc(OC)c3c(c2)OCO3)[C@@H](C(=O)O)[C@@H]1CCCOc1ccccc1OC. The number of unbranched alkanes of at least 4 members (excludes halogenated alkanes) is 1. The van der Waals surface area contributed by atoms with Crippen LogP contribution in [0.5, 0.6) is 28.7 Å². The van der Waals surface area contributed by atoms with Crippen molar-refractivity contribution in [1.29, 1.82) is 0 Å². The smallest absolute Gasteiger partial charge is 0.308 e. The van der Waals surface area contributed by atoms with Crippen LogP contribution in [0.3, 0.4) is 0 Å². The van der Waals surface area contributed by atoms with Crippen molar-refractivity contribution in [1.82, 2.24) is 9.80 Å². The monoisotopic (exact) mass is 599 g/mol. The first-order valence-electron chi connectivity index (χ1n) is 15.1. The largest absolute Gasteiger partial charge is 0.493 e. The van der Waals surface area contributed by atoms with E-state index >= 15 is 0 Å². The zero-order valence-electron chi connectivity index (χ0n) is 25.5. The number of nitrogens with zero attached hydrogens (tertiary/aromatic N) is 2. The van der Waals surface area contributed by atoms with Gasteiger partial charge in [-0.15, -0.1) is 0 Å². The number of fused-ring (bicyclic) bond motifs is 1. The summed E-state index contributed by atoms with van der Waals surface area (Å²) in [5.41, 5.74) is 6.54. The predicted octanol–water partition coefficient (Wildman–Crippen LogP) is 3.74. The lowest BCUT2D eigenvalue weighted by atomic mass is 9.83. The quantitative estimate of drug-likeness (QED) is 0.259. The van der Waals surface area contributed by atoms with Crippen LogP contribution in [0.2, 0.25) is 0 Å². The van der Waals surface area contributed by atoms with Crippen LogP contribution in [0.1, 0.15) is 50.5 Å². The Labute approximate surface area is 253 Å². The van der Waals surface area contributed by atoms with Gasteiger partial charge in [0.25, 0.3) is 0 Å². The summed E-state index contributed by atoms with van der Waals surface area (Å²) in [6.07, 6.45) is 3.73. The van der Waals surface area contributed by atoms with E-state index in [1.54, 1.807) is 14.2 Å². The van der Waals surface area contributed by atoms with E-state index in [0.29, 0.717) is 74.4 Å². The van der Waals surface area contributed by atoms with Crippen molar-refractivity contribution < 1.29 is 38.4 Å². The molecule has 43 heavy (non-hydrogen) atoms. The first-order valence-corrected chi connectivity index (χ1v) is 15.1. The van der Waals surface area contributed by atoms with Gasteiger partial charge in [-0.25, -0.2) is 0 Å². The van der Waals surface area contributed by atoms with Crippen LogP contribution in [0.4, 0.5) is 0 Å². The average molecular weight is 600 g/mol. The molecule has 2 aromatic carbocycles. The van der Waals surface area contributed by atoms with E-state index in [4.69, 9.17) is 29.4 Å². The number of ether oxygens (including phenoxy) is 5. The maximum Gasteiger partial charge on any atom is 0.308 e. The molecule has 3 atom stereocenters. The van der Waals surface area contributed by atoms with E-state index < -0.39 is 11.9 Å². The van der Waals surface area contributed by atoms with Crippen molar-refractivity contribution in [3.8, 4) is 28.7 Å². The molecule has 0 saturated carbocycles. The fourth-order valence-corrected chi connectivity index (χ4v) is 6.03. The number of para-hydroxylation sites is 2. The topological polar surface area (TPSA) is 133 Å². The van der Waals surface area contributed by atoms with Gasteiger partial charge in [-0.1, -0.05) is 25.5 Å². The van der Waals surface area contributed by atoms with Gasteiger partial charge in [0, 0.05) is 31.6 Å². The number of carboxylic acids is 1. The average Bonchev–Trinajstić information content (AvgIpc) is 3.64. The summed E-state index contributed by atoms with van der Waals surface area (Å²) in [5, 5.41) is 10.6. The molecular weight excluding hydrogens is 554 g/mol. The lowest BCUT2D eigenvalue weighted by Gasteiger charge is -2.29. The zero-order valence-corrected chi connectivity index (χ0v) is 25.5. The van der Waals surface area contributed by atoms with Gasteiger partial charge in [0.2, 0.25) is 18.4 Å². The van der Waals surface area contributed by atoms with Crippen LogP contribution in [0, 0.1) is 5.92 Å². The second-order valence-electron chi connectivity index (χ2n) is 10.9.